The number of carbonyl (C=O) groups excluding carboxylic acids is 2. The summed E-state index contributed by atoms with van der Waals surface area (Å²) < 4.78 is 0. The molecule has 0 aromatic carbocycles. The van der Waals surface area contributed by atoms with Gasteiger partial charge < -0.3 is 10.2 Å². The third-order valence-corrected chi connectivity index (χ3v) is 2.96. The van der Waals surface area contributed by atoms with E-state index >= 15 is 0 Å². The van der Waals surface area contributed by atoms with Gasteiger partial charge in [0.05, 0.1) is 5.92 Å². The topological polar surface area (TPSA) is 49.4 Å². The summed E-state index contributed by atoms with van der Waals surface area (Å²) in [6.45, 7) is 5.39. The molecule has 1 heterocycles. The quantitative estimate of drug-likeness (QED) is 0.697. The average molecular weight is 198 g/mol. The van der Waals surface area contributed by atoms with Crippen molar-refractivity contribution < 1.29 is 9.59 Å². The molecular formula is C10H18N2O2. The van der Waals surface area contributed by atoms with Gasteiger partial charge in [-0.3, -0.25) is 9.59 Å². The van der Waals surface area contributed by atoms with Gasteiger partial charge in [0.2, 0.25) is 11.8 Å². The number of hydrogen-bond acceptors (Lipinski definition) is 2. The number of nitrogens with zero attached hydrogens (tertiary/aromatic N) is 1. The molecule has 0 bridgehead atoms. The second kappa shape index (κ2) is 3.98. The zero-order chi connectivity index (χ0) is 10.9. The number of carbonyl (C=O) groups is 2. The molecule has 0 aliphatic carbocycles. The van der Waals surface area contributed by atoms with Gasteiger partial charge in [-0.2, -0.15) is 0 Å². The van der Waals surface area contributed by atoms with Gasteiger partial charge >= 0.3 is 0 Å². The molecule has 2 amide bonds. The molecule has 4 heteroatoms. The standard InChI is InChI=1S/C10H18N2O2/c1-6-5-9(10(14)12(6)4)7(2)11-8(3)13/h6-7,9H,5H2,1-4H3,(H,11,13)/t6?,7?,9-/m0/s1. The van der Waals surface area contributed by atoms with E-state index in [9.17, 15) is 9.59 Å². The highest BCUT2D eigenvalue weighted by atomic mass is 16.2. The second-order valence-electron chi connectivity index (χ2n) is 4.13. The largest absolute Gasteiger partial charge is 0.353 e. The van der Waals surface area contributed by atoms with Gasteiger partial charge in [0.15, 0.2) is 0 Å². The zero-order valence-electron chi connectivity index (χ0n) is 9.20. The summed E-state index contributed by atoms with van der Waals surface area (Å²) in [7, 11) is 1.81. The summed E-state index contributed by atoms with van der Waals surface area (Å²) >= 11 is 0. The minimum Gasteiger partial charge on any atom is -0.353 e. The molecule has 80 valence electrons. The Kier molecular flexibility index (Phi) is 3.13. The Morgan fingerprint density at radius 1 is 1.64 bits per heavy atom. The molecule has 0 spiro atoms. The first-order chi connectivity index (χ1) is 6.43. The summed E-state index contributed by atoms with van der Waals surface area (Å²) in [6, 6.07) is 0.219. The van der Waals surface area contributed by atoms with E-state index in [1.165, 1.54) is 6.92 Å². The van der Waals surface area contributed by atoms with Crippen LogP contribution < -0.4 is 5.32 Å². The van der Waals surface area contributed by atoms with Gasteiger partial charge in [0.1, 0.15) is 0 Å². The molecule has 1 aliphatic heterocycles. The van der Waals surface area contributed by atoms with E-state index in [0.717, 1.165) is 6.42 Å². The number of hydrogen-bond donors (Lipinski definition) is 1. The SMILES string of the molecule is CC(=O)NC(C)[C@@H]1CC(C)N(C)C1=O. The highest BCUT2D eigenvalue weighted by molar-refractivity contribution is 5.83. The Morgan fingerprint density at radius 2 is 2.21 bits per heavy atom. The van der Waals surface area contributed by atoms with E-state index in [1.54, 1.807) is 4.90 Å². The predicted molar refractivity (Wildman–Crippen MR) is 53.6 cm³/mol. The van der Waals surface area contributed by atoms with Crippen LogP contribution in [0, 0.1) is 5.92 Å². The maximum Gasteiger partial charge on any atom is 0.227 e. The third kappa shape index (κ3) is 2.05. The fourth-order valence-electron chi connectivity index (χ4n) is 1.94. The van der Waals surface area contributed by atoms with Crippen molar-refractivity contribution in [1.29, 1.82) is 0 Å². The molecular weight excluding hydrogens is 180 g/mol. The number of nitrogens with one attached hydrogen (secondary N) is 1. The molecule has 1 N–H and O–H groups in total. The van der Waals surface area contributed by atoms with E-state index < -0.39 is 0 Å². The fourth-order valence-corrected chi connectivity index (χ4v) is 1.94. The lowest BCUT2D eigenvalue weighted by atomic mass is 9.98. The molecule has 0 radical (unpaired) electrons. The van der Waals surface area contributed by atoms with E-state index in [2.05, 4.69) is 5.32 Å². The van der Waals surface area contributed by atoms with Gasteiger partial charge in [-0.15, -0.1) is 0 Å². The van der Waals surface area contributed by atoms with E-state index in [1.807, 2.05) is 20.9 Å². The number of amides is 2. The molecule has 1 fully saturated rings. The van der Waals surface area contributed by atoms with Gasteiger partial charge in [-0.1, -0.05) is 0 Å². The van der Waals surface area contributed by atoms with Crippen molar-refractivity contribution >= 4 is 11.8 Å². The minimum absolute atomic E-state index is 0.0566. The molecule has 2 unspecified atom stereocenters. The van der Waals surface area contributed by atoms with Gasteiger partial charge in [0.25, 0.3) is 0 Å². The molecule has 4 nitrogen and oxygen atoms in total. The Morgan fingerprint density at radius 3 is 2.57 bits per heavy atom. The second-order valence-corrected chi connectivity index (χ2v) is 4.13. The highest BCUT2D eigenvalue weighted by Gasteiger charge is 2.37. The monoisotopic (exact) mass is 198 g/mol. The molecule has 0 saturated carbocycles. The average Bonchev–Trinajstić information content (AvgIpc) is 2.32. The fraction of sp³-hybridized carbons (Fsp3) is 0.800. The molecule has 1 rings (SSSR count). The van der Waals surface area contributed by atoms with Crippen molar-refractivity contribution in [3.8, 4) is 0 Å². The lowest BCUT2D eigenvalue weighted by Crippen LogP contribution is -2.40. The lowest BCUT2D eigenvalue weighted by molar-refractivity contribution is -0.131. The van der Waals surface area contributed by atoms with Crippen molar-refractivity contribution in [2.45, 2.75) is 39.3 Å². The van der Waals surface area contributed by atoms with E-state index in [0.29, 0.717) is 0 Å². The Balaban J connectivity index is 2.62. The summed E-state index contributed by atoms with van der Waals surface area (Å²) in [4.78, 5) is 24.3. The van der Waals surface area contributed by atoms with Crippen LogP contribution in [0.25, 0.3) is 0 Å². The summed E-state index contributed by atoms with van der Waals surface area (Å²) in [5.41, 5.74) is 0. The Hall–Kier alpha value is -1.06. The molecule has 0 aromatic heterocycles. The first-order valence-corrected chi connectivity index (χ1v) is 4.97. The summed E-state index contributed by atoms with van der Waals surface area (Å²) in [5, 5.41) is 2.77. The maximum atomic E-state index is 11.7. The molecule has 1 saturated heterocycles. The zero-order valence-corrected chi connectivity index (χ0v) is 9.20. The van der Waals surface area contributed by atoms with Gasteiger partial charge in [0, 0.05) is 26.1 Å². The van der Waals surface area contributed by atoms with Gasteiger partial charge in [-0.05, 0) is 20.3 Å². The van der Waals surface area contributed by atoms with E-state index in [-0.39, 0.29) is 29.8 Å². The maximum absolute atomic E-state index is 11.7. The Labute approximate surface area is 84.7 Å². The smallest absolute Gasteiger partial charge is 0.227 e. The van der Waals surface area contributed by atoms with Crippen LogP contribution in [0.3, 0.4) is 0 Å². The van der Waals surface area contributed by atoms with Crippen LogP contribution in [0.5, 0.6) is 0 Å². The molecule has 3 atom stereocenters. The van der Waals surface area contributed by atoms with Gasteiger partial charge in [-0.25, -0.2) is 0 Å². The minimum atomic E-state index is -0.0764. The van der Waals surface area contributed by atoms with Crippen molar-refractivity contribution in [3.05, 3.63) is 0 Å². The van der Waals surface area contributed by atoms with Crippen molar-refractivity contribution in [2.24, 2.45) is 5.92 Å². The van der Waals surface area contributed by atoms with Crippen LogP contribution in [0.1, 0.15) is 27.2 Å². The van der Waals surface area contributed by atoms with Crippen LogP contribution in [-0.4, -0.2) is 35.8 Å². The van der Waals surface area contributed by atoms with E-state index in [4.69, 9.17) is 0 Å². The molecule has 1 aliphatic rings. The molecule has 14 heavy (non-hydrogen) atoms. The number of likely N-dealkylation sites (tertiary alicyclic amines) is 1. The first-order valence-electron chi connectivity index (χ1n) is 4.97. The van der Waals surface area contributed by atoms with Crippen LogP contribution in [0.15, 0.2) is 0 Å². The molecule has 0 aromatic rings. The third-order valence-electron chi connectivity index (χ3n) is 2.96. The first kappa shape index (κ1) is 11.0. The predicted octanol–water partition coefficient (Wildman–Crippen LogP) is 0.378. The van der Waals surface area contributed by atoms with Crippen LogP contribution in [0.4, 0.5) is 0 Å². The summed E-state index contributed by atoms with van der Waals surface area (Å²) in [6.07, 6.45) is 0.830. The Bertz CT molecular complexity index is 253. The highest BCUT2D eigenvalue weighted by Crippen LogP contribution is 2.25. The number of rotatable bonds is 2. The van der Waals surface area contributed by atoms with Crippen LogP contribution in [-0.2, 0) is 9.59 Å². The van der Waals surface area contributed by atoms with Crippen molar-refractivity contribution in [2.75, 3.05) is 7.05 Å². The van der Waals surface area contributed by atoms with Crippen LogP contribution in [0.2, 0.25) is 0 Å². The lowest BCUT2D eigenvalue weighted by Gasteiger charge is -2.18. The van der Waals surface area contributed by atoms with Crippen molar-refractivity contribution in [1.82, 2.24) is 10.2 Å². The van der Waals surface area contributed by atoms with Crippen LogP contribution >= 0.6 is 0 Å². The van der Waals surface area contributed by atoms with Crippen molar-refractivity contribution in [3.63, 3.8) is 0 Å². The summed E-state index contributed by atoms with van der Waals surface area (Å²) in [5.74, 6) is 0.00477. The normalized spacial score (nSPS) is 29.1.